The van der Waals surface area contributed by atoms with Crippen LogP contribution in [-0.4, -0.2) is 22.5 Å². The van der Waals surface area contributed by atoms with Crippen LogP contribution in [0.3, 0.4) is 0 Å². The van der Waals surface area contributed by atoms with E-state index >= 15 is 0 Å². The number of hydrogen-bond donors (Lipinski definition) is 0. The van der Waals surface area contributed by atoms with Crippen LogP contribution in [0, 0.1) is 0 Å². The fourth-order valence-corrected chi connectivity index (χ4v) is 2.37. The standard InChI is InChI=1S/C11H9BrN2O2S/c1-2-16-11(15)9-6-17-10(14-9)7-3-8(12)5-13-4-7/h3-6H,2H2,1H3. The summed E-state index contributed by atoms with van der Waals surface area (Å²) in [4.78, 5) is 19.7. The first kappa shape index (κ1) is 12.2. The van der Waals surface area contributed by atoms with Crippen LogP contribution in [0.5, 0.6) is 0 Å². The maximum absolute atomic E-state index is 11.5. The smallest absolute Gasteiger partial charge is 0.357 e. The highest BCUT2D eigenvalue weighted by atomic mass is 79.9. The van der Waals surface area contributed by atoms with Gasteiger partial charge in [-0.1, -0.05) is 0 Å². The predicted octanol–water partition coefficient (Wildman–Crippen LogP) is 3.14. The Balaban J connectivity index is 2.27. The lowest BCUT2D eigenvalue weighted by atomic mass is 10.3. The second kappa shape index (κ2) is 5.37. The fraction of sp³-hybridized carbons (Fsp3) is 0.182. The van der Waals surface area contributed by atoms with E-state index in [2.05, 4.69) is 25.9 Å². The summed E-state index contributed by atoms with van der Waals surface area (Å²) in [5, 5.41) is 2.44. The van der Waals surface area contributed by atoms with Crippen LogP contribution in [0.1, 0.15) is 17.4 Å². The molecule has 0 amide bonds. The molecule has 0 aliphatic carbocycles. The van der Waals surface area contributed by atoms with Crippen LogP contribution < -0.4 is 0 Å². The fourth-order valence-electron chi connectivity index (χ4n) is 1.23. The molecule has 0 N–H and O–H groups in total. The molecule has 0 bridgehead atoms. The Morgan fingerprint density at radius 3 is 3.06 bits per heavy atom. The Bertz CT molecular complexity index is 542. The molecule has 2 aromatic heterocycles. The molecule has 0 saturated heterocycles. The van der Waals surface area contributed by atoms with Crippen molar-refractivity contribution in [2.75, 3.05) is 6.61 Å². The largest absolute Gasteiger partial charge is 0.461 e. The average molecular weight is 313 g/mol. The molecule has 0 radical (unpaired) electrons. The molecule has 0 unspecified atom stereocenters. The maximum atomic E-state index is 11.5. The van der Waals surface area contributed by atoms with E-state index in [0.717, 1.165) is 15.0 Å². The number of rotatable bonds is 3. The van der Waals surface area contributed by atoms with Crippen molar-refractivity contribution in [3.05, 3.63) is 34.0 Å². The minimum atomic E-state index is -0.391. The molecule has 4 nitrogen and oxygen atoms in total. The van der Waals surface area contributed by atoms with Crippen molar-refractivity contribution >= 4 is 33.2 Å². The van der Waals surface area contributed by atoms with Crippen LogP contribution in [0.15, 0.2) is 28.3 Å². The number of carbonyl (C=O) groups excluding carboxylic acids is 1. The lowest BCUT2D eigenvalue weighted by Gasteiger charge is -1.97. The van der Waals surface area contributed by atoms with Crippen LogP contribution in [0.4, 0.5) is 0 Å². The van der Waals surface area contributed by atoms with E-state index in [1.54, 1.807) is 24.7 Å². The van der Waals surface area contributed by atoms with Crippen molar-refractivity contribution in [1.29, 1.82) is 0 Å². The Morgan fingerprint density at radius 1 is 1.53 bits per heavy atom. The number of ether oxygens (including phenoxy) is 1. The number of hydrogen-bond acceptors (Lipinski definition) is 5. The summed E-state index contributed by atoms with van der Waals surface area (Å²) in [6, 6.07) is 1.90. The minimum Gasteiger partial charge on any atom is -0.461 e. The Kier molecular flexibility index (Phi) is 3.86. The zero-order chi connectivity index (χ0) is 12.3. The third-order valence-corrected chi connectivity index (χ3v) is 3.27. The molecule has 0 fully saturated rings. The zero-order valence-electron chi connectivity index (χ0n) is 9.01. The number of aromatic nitrogens is 2. The quantitative estimate of drug-likeness (QED) is 0.817. The van der Waals surface area contributed by atoms with Gasteiger partial charge >= 0.3 is 5.97 Å². The molecule has 0 saturated carbocycles. The summed E-state index contributed by atoms with van der Waals surface area (Å²) in [5.74, 6) is -0.391. The van der Waals surface area contributed by atoms with E-state index in [1.807, 2.05) is 6.07 Å². The van der Waals surface area contributed by atoms with Crippen molar-refractivity contribution in [3.8, 4) is 10.6 Å². The first-order valence-corrected chi connectivity index (χ1v) is 6.61. The summed E-state index contributed by atoms with van der Waals surface area (Å²) in [6.45, 7) is 2.12. The molecule has 0 aliphatic heterocycles. The van der Waals surface area contributed by atoms with Crippen LogP contribution >= 0.6 is 27.3 Å². The highest BCUT2D eigenvalue weighted by Crippen LogP contribution is 2.25. The van der Waals surface area contributed by atoms with E-state index in [-0.39, 0.29) is 0 Å². The highest BCUT2D eigenvalue weighted by Gasteiger charge is 2.12. The predicted molar refractivity (Wildman–Crippen MR) is 69.0 cm³/mol. The number of thiazole rings is 1. The molecule has 0 aliphatic rings. The summed E-state index contributed by atoms with van der Waals surface area (Å²) in [7, 11) is 0. The molecule has 2 rings (SSSR count). The minimum absolute atomic E-state index is 0.340. The molecule has 0 atom stereocenters. The van der Waals surface area contributed by atoms with Gasteiger partial charge in [-0.15, -0.1) is 11.3 Å². The van der Waals surface area contributed by atoms with Gasteiger partial charge in [0.2, 0.25) is 0 Å². The van der Waals surface area contributed by atoms with E-state index in [9.17, 15) is 4.79 Å². The summed E-state index contributed by atoms with van der Waals surface area (Å²) >= 11 is 4.74. The molecule has 0 aromatic carbocycles. The zero-order valence-corrected chi connectivity index (χ0v) is 11.4. The van der Waals surface area contributed by atoms with Gasteiger partial charge in [0.1, 0.15) is 5.01 Å². The Morgan fingerprint density at radius 2 is 2.35 bits per heavy atom. The average Bonchev–Trinajstić information content (AvgIpc) is 2.78. The number of esters is 1. The van der Waals surface area contributed by atoms with Gasteiger partial charge in [-0.2, -0.15) is 0 Å². The molecule has 88 valence electrons. The third kappa shape index (κ3) is 2.89. The van der Waals surface area contributed by atoms with Gasteiger partial charge < -0.3 is 4.74 Å². The van der Waals surface area contributed by atoms with E-state index in [1.165, 1.54) is 11.3 Å². The first-order chi connectivity index (χ1) is 8.20. The lowest BCUT2D eigenvalue weighted by molar-refractivity contribution is 0.0520. The van der Waals surface area contributed by atoms with Crippen LogP contribution in [0.25, 0.3) is 10.6 Å². The molecular weight excluding hydrogens is 304 g/mol. The number of halogens is 1. The second-order valence-electron chi connectivity index (χ2n) is 3.15. The SMILES string of the molecule is CCOC(=O)c1csc(-c2cncc(Br)c2)n1. The number of nitrogens with zero attached hydrogens (tertiary/aromatic N) is 2. The summed E-state index contributed by atoms with van der Waals surface area (Å²) in [6.07, 6.45) is 3.40. The second-order valence-corrected chi connectivity index (χ2v) is 4.92. The van der Waals surface area contributed by atoms with Crippen molar-refractivity contribution in [2.45, 2.75) is 6.92 Å². The van der Waals surface area contributed by atoms with E-state index in [0.29, 0.717) is 12.3 Å². The van der Waals surface area contributed by atoms with Gasteiger partial charge in [-0.25, -0.2) is 9.78 Å². The van der Waals surface area contributed by atoms with Crippen molar-refractivity contribution < 1.29 is 9.53 Å². The molecule has 6 heteroatoms. The highest BCUT2D eigenvalue weighted by molar-refractivity contribution is 9.10. The van der Waals surface area contributed by atoms with Gasteiger partial charge in [0.25, 0.3) is 0 Å². The lowest BCUT2D eigenvalue weighted by Crippen LogP contribution is -2.04. The van der Waals surface area contributed by atoms with Crippen molar-refractivity contribution in [1.82, 2.24) is 9.97 Å². The Hall–Kier alpha value is -1.27. The Labute approximate surface area is 111 Å². The third-order valence-electron chi connectivity index (χ3n) is 1.94. The van der Waals surface area contributed by atoms with Gasteiger partial charge in [0.05, 0.1) is 6.61 Å². The van der Waals surface area contributed by atoms with Crippen molar-refractivity contribution in [2.24, 2.45) is 0 Å². The van der Waals surface area contributed by atoms with Crippen molar-refractivity contribution in [3.63, 3.8) is 0 Å². The van der Waals surface area contributed by atoms with E-state index < -0.39 is 5.97 Å². The molecular formula is C11H9BrN2O2S. The molecule has 2 aromatic rings. The van der Waals surface area contributed by atoms with Crippen LogP contribution in [-0.2, 0) is 4.74 Å². The van der Waals surface area contributed by atoms with E-state index in [4.69, 9.17) is 4.74 Å². The topological polar surface area (TPSA) is 52.1 Å². The normalized spacial score (nSPS) is 10.2. The van der Waals surface area contributed by atoms with Gasteiger partial charge in [-0.3, -0.25) is 4.98 Å². The molecule has 17 heavy (non-hydrogen) atoms. The molecule has 0 spiro atoms. The van der Waals surface area contributed by atoms with Gasteiger partial charge in [0, 0.05) is 27.8 Å². The maximum Gasteiger partial charge on any atom is 0.357 e. The first-order valence-electron chi connectivity index (χ1n) is 4.94. The number of pyridine rings is 1. The summed E-state index contributed by atoms with van der Waals surface area (Å²) < 4.78 is 5.76. The molecule has 2 heterocycles. The monoisotopic (exact) mass is 312 g/mol. The number of carbonyl (C=O) groups is 1. The van der Waals surface area contributed by atoms with Gasteiger partial charge in [-0.05, 0) is 28.9 Å². The van der Waals surface area contributed by atoms with Crippen LogP contribution in [0.2, 0.25) is 0 Å². The van der Waals surface area contributed by atoms with Gasteiger partial charge in [0.15, 0.2) is 5.69 Å². The summed E-state index contributed by atoms with van der Waals surface area (Å²) in [5.41, 5.74) is 1.21.